The molecule has 1 aromatic carbocycles. The second-order valence-electron chi connectivity index (χ2n) is 4.39. The Kier molecular flexibility index (Phi) is 2.44. The first kappa shape index (κ1) is 10.1. The van der Waals surface area contributed by atoms with Crippen LogP contribution in [-0.4, -0.2) is 0 Å². The van der Waals surface area contributed by atoms with Crippen LogP contribution in [0.2, 0.25) is 0 Å². The van der Waals surface area contributed by atoms with Crippen molar-refractivity contribution in [2.24, 2.45) is 5.92 Å². The molecule has 0 heteroatoms. The predicted octanol–water partition coefficient (Wildman–Crippen LogP) is 4.38. The third-order valence-corrected chi connectivity index (χ3v) is 3.40. The van der Waals surface area contributed by atoms with Crippen LogP contribution < -0.4 is 0 Å². The Morgan fingerprint density at radius 1 is 1.12 bits per heavy atom. The smallest absolute Gasteiger partial charge is 0.0240 e. The second-order valence-corrected chi connectivity index (χ2v) is 4.39. The molecular weight excluding hydrogens is 204 g/mol. The number of allylic oxidation sites excluding steroid dienone is 7. The first-order chi connectivity index (χ1) is 8.40. The van der Waals surface area contributed by atoms with Crippen LogP contribution in [0.1, 0.15) is 17.5 Å². The Morgan fingerprint density at radius 3 is 2.65 bits per heavy atom. The van der Waals surface area contributed by atoms with E-state index in [1.165, 1.54) is 16.7 Å². The standard InChI is InChI=1S/C17H14/c1-2-13-12-17(14-8-4-3-5-9-14)16-11-7-6-10-15(13)16/h3-8,10-12,14H,1,9H2. The molecule has 2 aliphatic rings. The highest BCUT2D eigenvalue weighted by Crippen LogP contribution is 2.40. The average Bonchev–Trinajstić information content (AvgIpc) is 2.78. The summed E-state index contributed by atoms with van der Waals surface area (Å²) in [4.78, 5) is 0. The molecule has 0 spiro atoms. The van der Waals surface area contributed by atoms with Crippen LogP contribution in [0.25, 0.3) is 11.1 Å². The number of hydrogen-bond donors (Lipinski definition) is 0. The van der Waals surface area contributed by atoms with Gasteiger partial charge in [0, 0.05) is 11.5 Å². The van der Waals surface area contributed by atoms with E-state index in [1.807, 2.05) is 0 Å². The molecule has 0 fully saturated rings. The lowest BCUT2D eigenvalue weighted by Gasteiger charge is -2.15. The Hall–Kier alpha value is -2.04. The first-order valence-electron chi connectivity index (χ1n) is 5.95. The fraction of sp³-hybridized carbons (Fsp3) is 0.118. The fourth-order valence-electron chi connectivity index (χ4n) is 2.54. The van der Waals surface area contributed by atoms with E-state index in [9.17, 15) is 0 Å². The van der Waals surface area contributed by atoms with Crippen molar-refractivity contribution in [2.45, 2.75) is 6.42 Å². The van der Waals surface area contributed by atoms with E-state index in [2.05, 4.69) is 67.0 Å². The summed E-state index contributed by atoms with van der Waals surface area (Å²) in [6, 6.07) is 8.51. The van der Waals surface area contributed by atoms with Gasteiger partial charge in [-0.3, -0.25) is 0 Å². The largest absolute Gasteiger partial charge is 0.120 e. The minimum Gasteiger partial charge on any atom is -0.120 e. The van der Waals surface area contributed by atoms with Crippen LogP contribution in [0.4, 0.5) is 0 Å². The van der Waals surface area contributed by atoms with Crippen LogP contribution in [0, 0.1) is 5.92 Å². The first-order valence-corrected chi connectivity index (χ1v) is 5.95. The number of rotatable bonds is 1. The zero-order valence-corrected chi connectivity index (χ0v) is 9.69. The molecule has 0 aliphatic heterocycles. The van der Waals surface area contributed by atoms with Crippen LogP contribution in [-0.2, 0) is 0 Å². The lowest BCUT2D eigenvalue weighted by Crippen LogP contribution is -1.99. The average molecular weight is 218 g/mol. The summed E-state index contributed by atoms with van der Waals surface area (Å²) in [6.07, 6.45) is 12.1. The van der Waals surface area contributed by atoms with Crippen molar-refractivity contribution in [1.82, 2.24) is 0 Å². The molecule has 1 aromatic rings. The van der Waals surface area contributed by atoms with Crippen molar-refractivity contribution in [1.29, 1.82) is 0 Å². The van der Waals surface area contributed by atoms with Crippen LogP contribution in [0.5, 0.6) is 0 Å². The van der Waals surface area contributed by atoms with Crippen LogP contribution in [0.3, 0.4) is 0 Å². The lowest BCUT2D eigenvalue weighted by molar-refractivity contribution is 0.845. The molecular formula is C17H14. The van der Waals surface area contributed by atoms with Crippen molar-refractivity contribution < 1.29 is 0 Å². The molecule has 0 heterocycles. The molecule has 0 nitrogen and oxygen atoms in total. The Morgan fingerprint density at radius 2 is 1.94 bits per heavy atom. The van der Waals surface area contributed by atoms with Gasteiger partial charge in [0.25, 0.3) is 0 Å². The maximum Gasteiger partial charge on any atom is 0.0240 e. The summed E-state index contributed by atoms with van der Waals surface area (Å²) < 4.78 is 0. The highest BCUT2D eigenvalue weighted by Gasteiger charge is 2.22. The van der Waals surface area contributed by atoms with Gasteiger partial charge in [-0.1, -0.05) is 55.1 Å². The van der Waals surface area contributed by atoms with Gasteiger partial charge in [-0.2, -0.15) is 0 Å². The molecule has 0 saturated heterocycles. The topological polar surface area (TPSA) is 0 Å². The zero-order chi connectivity index (χ0) is 11.7. The van der Waals surface area contributed by atoms with Gasteiger partial charge >= 0.3 is 0 Å². The number of hydrogen-bond acceptors (Lipinski definition) is 0. The molecule has 82 valence electrons. The summed E-state index contributed by atoms with van der Waals surface area (Å²) in [5.74, 6) is 0.493. The van der Waals surface area contributed by atoms with Gasteiger partial charge in [0.15, 0.2) is 0 Å². The van der Waals surface area contributed by atoms with Crippen molar-refractivity contribution in [2.75, 3.05) is 0 Å². The van der Waals surface area contributed by atoms with Crippen LogP contribution in [0.15, 0.2) is 67.0 Å². The zero-order valence-electron chi connectivity index (χ0n) is 9.69. The van der Waals surface area contributed by atoms with Gasteiger partial charge < -0.3 is 0 Å². The van der Waals surface area contributed by atoms with Gasteiger partial charge in [-0.25, -0.2) is 0 Å². The van der Waals surface area contributed by atoms with Crippen LogP contribution >= 0.6 is 0 Å². The molecule has 3 rings (SSSR count). The molecule has 17 heavy (non-hydrogen) atoms. The summed E-state index contributed by atoms with van der Waals surface area (Å²) in [5.41, 5.74) is 8.16. The van der Waals surface area contributed by atoms with Gasteiger partial charge in [-0.15, -0.1) is 5.73 Å². The van der Waals surface area contributed by atoms with Crippen molar-refractivity contribution >= 4 is 11.1 Å². The summed E-state index contributed by atoms with van der Waals surface area (Å²) >= 11 is 0. The van der Waals surface area contributed by atoms with E-state index in [4.69, 9.17) is 0 Å². The Bertz CT molecular complexity index is 590. The summed E-state index contributed by atoms with van der Waals surface area (Å²) in [5, 5.41) is 0. The molecule has 0 amide bonds. The summed E-state index contributed by atoms with van der Waals surface area (Å²) in [6.45, 7) is 3.78. The molecule has 0 radical (unpaired) electrons. The Labute approximate surface area is 102 Å². The highest BCUT2D eigenvalue weighted by molar-refractivity contribution is 5.96. The van der Waals surface area contributed by atoms with E-state index in [0.717, 1.165) is 12.0 Å². The minimum atomic E-state index is 0.493. The van der Waals surface area contributed by atoms with E-state index in [1.54, 1.807) is 0 Å². The van der Waals surface area contributed by atoms with E-state index in [0.29, 0.717) is 5.92 Å². The molecule has 0 bridgehead atoms. The predicted molar refractivity (Wildman–Crippen MR) is 73.4 cm³/mol. The maximum absolute atomic E-state index is 3.78. The molecule has 1 unspecified atom stereocenters. The summed E-state index contributed by atoms with van der Waals surface area (Å²) in [7, 11) is 0. The minimum absolute atomic E-state index is 0.493. The number of fused-ring (bicyclic) bond motifs is 1. The van der Waals surface area contributed by atoms with Gasteiger partial charge in [0.2, 0.25) is 0 Å². The fourth-order valence-corrected chi connectivity index (χ4v) is 2.54. The monoisotopic (exact) mass is 218 g/mol. The van der Waals surface area contributed by atoms with E-state index >= 15 is 0 Å². The maximum atomic E-state index is 3.78. The van der Waals surface area contributed by atoms with Gasteiger partial charge in [0.05, 0.1) is 0 Å². The van der Waals surface area contributed by atoms with Gasteiger partial charge in [-0.05, 0) is 29.2 Å². The Balaban J connectivity index is 2.10. The lowest BCUT2D eigenvalue weighted by atomic mass is 9.89. The molecule has 0 N–H and O–H groups in total. The van der Waals surface area contributed by atoms with Crippen molar-refractivity contribution in [3.63, 3.8) is 0 Å². The molecule has 0 saturated carbocycles. The second kappa shape index (κ2) is 4.08. The SMILES string of the molecule is C=C=C1C=C(C2C=CC=CC2)c2ccccc21. The number of benzene rings is 1. The molecule has 0 aromatic heterocycles. The quantitative estimate of drug-likeness (QED) is 0.613. The van der Waals surface area contributed by atoms with Crippen molar-refractivity contribution in [3.05, 3.63) is 78.1 Å². The third-order valence-electron chi connectivity index (χ3n) is 3.40. The normalized spacial score (nSPS) is 21.1. The molecule has 2 aliphatic carbocycles. The highest BCUT2D eigenvalue weighted by atomic mass is 14.3. The molecule has 1 atom stereocenters. The van der Waals surface area contributed by atoms with Gasteiger partial charge in [0.1, 0.15) is 0 Å². The van der Waals surface area contributed by atoms with E-state index in [-0.39, 0.29) is 0 Å². The van der Waals surface area contributed by atoms with Crippen molar-refractivity contribution in [3.8, 4) is 0 Å². The van der Waals surface area contributed by atoms with E-state index < -0.39 is 0 Å². The third kappa shape index (κ3) is 1.63.